The molecule has 2 N–H and O–H groups in total. The fourth-order valence-corrected chi connectivity index (χ4v) is 2.02. The van der Waals surface area contributed by atoms with E-state index in [4.69, 9.17) is 4.74 Å². The third kappa shape index (κ3) is 3.95. The molecule has 116 valence electrons. The van der Waals surface area contributed by atoms with Crippen LogP contribution in [0.1, 0.15) is 11.3 Å². The minimum atomic E-state index is -0.314. The number of rotatable bonds is 6. The maximum absolute atomic E-state index is 12.0. The van der Waals surface area contributed by atoms with Gasteiger partial charge in [-0.3, -0.25) is 9.59 Å². The molecule has 0 bridgehead atoms. The normalized spacial score (nSPS) is 10.3. The molecular formula is C16H18N2O4. The van der Waals surface area contributed by atoms with Gasteiger partial charge in [0.15, 0.2) is 0 Å². The van der Waals surface area contributed by atoms with Crippen LogP contribution in [-0.4, -0.2) is 22.7 Å². The van der Waals surface area contributed by atoms with Crippen LogP contribution in [0.5, 0.6) is 5.75 Å². The van der Waals surface area contributed by atoms with Crippen molar-refractivity contribution < 1.29 is 14.6 Å². The van der Waals surface area contributed by atoms with Gasteiger partial charge in [-0.15, -0.1) is 0 Å². The zero-order valence-corrected chi connectivity index (χ0v) is 12.3. The van der Waals surface area contributed by atoms with E-state index >= 15 is 0 Å². The molecule has 6 nitrogen and oxygen atoms in total. The van der Waals surface area contributed by atoms with Crippen LogP contribution in [0.4, 0.5) is 0 Å². The third-order valence-electron chi connectivity index (χ3n) is 3.25. The van der Waals surface area contributed by atoms with Gasteiger partial charge in [0.2, 0.25) is 5.91 Å². The lowest BCUT2D eigenvalue weighted by molar-refractivity contribution is -0.121. The van der Waals surface area contributed by atoms with Crippen molar-refractivity contribution in [3.63, 3.8) is 0 Å². The molecule has 0 fully saturated rings. The van der Waals surface area contributed by atoms with E-state index in [-0.39, 0.29) is 24.6 Å². The first kappa shape index (κ1) is 15.8. The molecule has 0 aliphatic rings. The van der Waals surface area contributed by atoms with Crippen molar-refractivity contribution in [1.82, 2.24) is 9.88 Å². The van der Waals surface area contributed by atoms with Crippen molar-refractivity contribution in [2.75, 3.05) is 7.11 Å². The van der Waals surface area contributed by atoms with E-state index in [0.29, 0.717) is 12.2 Å². The Morgan fingerprint density at radius 1 is 1.23 bits per heavy atom. The maximum Gasteiger partial charge on any atom is 0.251 e. The molecule has 1 amide bonds. The molecule has 0 saturated carbocycles. The SMILES string of the molecule is COc1ccc(CNC(=O)Cn2c(CO)cccc2=O)cc1. The summed E-state index contributed by atoms with van der Waals surface area (Å²) in [5.74, 6) is 0.456. The predicted octanol–water partition coefficient (Wildman–Crippen LogP) is 0.666. The van der Waals surface area contributed by atoms with Crippen LogP contribution >= 0.6 is 0 Å². The summed E-state index contributed by atoms with van der Waals surface area (Å²) in [4.78, 5) is 23.7. The number of carbonyl (C=O) groups is 1. The third-order valence-corrected chi connectivity index (χ3v) is 3.25. The van der Waals surface area contributed by atoms with Crippen LogP contribution in [0, 0.1) is 0 Å². The Balaban J connectivity index is 1.97. The van der Waals surface area contributed by atoms with E-state index in [1.54, 1.807) is 19.2 Å². The summed E-state index contributed by atoms with van der Waals surface area (Å²) >= 11 is 0. The number of aromatic nitrogens is 1. The van der Waals surface area contributed by atoms with Crippen molar-refractivity contribution in [3.8, 4) is 5.75 Å². The summed E-state index contributed by atoms with van der Waals surface area (Å²) < 4.78 is 6.32. The van der Waals surface area contributed by atoms with Gasteiger partial charge in [0.1, 0.15) is 12.3 Å². The number of hydrogen-bond acceptors (Lipinski definition) is 4. The monoisotopic (exact) mass is 302 g/mol. The number of benzene rings is 1. The van der Waals surface area contributed by atoms with Gasteiger partial charge in [-0.25, -0.2) is 0 Å². The number of nitrogens with zero attached hydrogens (tertiary/aromatic N) is 1. The quantitative estimate of drug-likeness (QED) is 0.821. The largest absolute Gasteiger partial charge is 0.497 e. The summed E-state index contributed by atoms with van der Waals surface area (Å²) in [6.45, 7) is -0.0492. The summed E-state index contributed by atoms with van der Waals surface area (Å²) in [6.07, 6.45) is 0. The molecular weight excluding hydrogens is 284 g/mol. The van der Waals surface area contributed by atoms with Crippen molar-refractivity contribution in [3.05, 3.63) is 64.1 Å². The number of nitrogens with one attached hydrogen (secondary N) is 1. The van der Waals surface area contributed by atoms with Crippen LogP contribution in [0.25, 0.3) is 0 Å². The van der Waals surface area contributed by atoms with Gasteiger partial charge >= 0.3 is 0 Å². The van der Waals surface area contributed by atoms with Crippen molar-refractivity contribution in [2.45, 2.75) is 19.7 Å². The van der Waals surface area contributed by atoms with Crippen LogP contribution < -0.4 is 15.6 Å². The molecule has 0 atom stereocenters. The van der Waals surface area contributed by atoms with Crippen LogP contribution in [0.2, 0.25) is 0 Å². The second-order valence-corrected chi connectivity index (χ2v) is 4.72. The number of methoxy groups -OCH3 is 1. The lowest BCUT2D eigenvalue weighted by Crippen LogP contribution is -2.33. The maximum atomic E-state index is 12.0. The first-order valence-corrected chi connectivity index (χ1v) is 6.83. The molecule has 0 spiro atoms. The Kier molecular flexibility index (Phi) is 5.32. The minimum absolute atomic E-state index is 0.119. The summed E-state index contributed by atoms with van der Waals surface area (Å²) in [6, 6.07) is 11.9. The van der Waals surface area contributed by atoms with Gasteiger partial charge in [0.25, 0.3) is 5.56 Å². The first-order valence-electron chi connectivity index (χ1n) is 6.83. The van der Waals surface area contributed by atoms with E-state index < -0.39 is 0 Å². The summed E-state index contributed by atoms with van der Waals surface area (Å²) in [5.41, 5.74) is 1.02. The van der Waals surface area contributed by atoms with Crippen molar-refractivity contribution in [1.29, 1.82) is 0 Å². The average Bonchev–Trinajstić information content (AvgIpc) is 2.55. The zero-order valence-electron chi connectivity index (χ0n) is 12.3. The molecule has 0 unspecified atom stereocenters. The average molecular weight is 302 g/mol. The second kappa shape index (κ2) is 7.42. The molecule has 1 aromatic carbocycles. The molecule has 0 radical (unpaired) electrons. The zero-order chi connectivity index (χ0) is 15.9. The van der Waals surface area contributed by atoms with Gasteiger partial charge in [-0.1, -0.05) is 18.2 Å². The highest BCUT2D eigenvalue weighted by Crippen LogP contribution is 2.10. The number of hydrogen-bond donors (Lipinski definition) is 2. The minimum Gasteiger partial charge on any atom is -0.497 e. The standard InChI is InChI=1S/C16H18N2O4/c1-22-14-7-5-12(6-8-14)9-17-15(20)10-18-13(11-19)3-2-4-16(18)21/h2-8,19H,9-11H2,1H3,(H,17,20). The van der Waals surface area contributed by atoms with E-state index in [1.807, 2.05) is 24.3 Å². The Morgan fingerprint density at radius 3 is 2.59 bits per heavy atom. The van der Waals surface area contributed by atoms with Gasteiger partial charge in [0, 0.05) is 18.3 Å². The fraction of sp³-hybridized carbons (Fsp3) is 0.250. The van der Waals surface area contributed by atoms with Gasteiger partial charge in [-0.2, -0.15) is 0 Å². The lowest BCUT2D eigenvalue weighted by atomic mass is 10.2. The Labute approximate surface area is 128 Å². The van der Waals surface area contributed by atoms with Gasteiger partial charge < -0.3 is 19.7 Å². The van der Waals surface area contributed by atoms with Crippen molar-refractivity contribution in [2.24, 2.45) is 0 Å². The molecule has 1 heterocycles. The molecule has 1 aromatic heterocycles. The van der Waals surface area contributed by atoms with E-state index in [1.165, 1.54) is 10.6 Å². The second-order valence-electron chi connectivity index (χ2n) is 4.72. The molecule has 22 heavy (non-hydrogen) atoms. The number of aliphatic hydroxyl groups is 1. The molecule has 0 aliphatic carbocycles. The predicted molar refractivity (Wildman–Crippen MR) is 81.5 cm³/mol. The summed E-state index contributed by atoms with van der Waals surface area (Å²) in [5, 5.41) is 12.0. The Morgan fingerprint density at radius 2 is 1.95 bits per heavy atom. The molecule has 0 saturated heterocycles. The number of carbonyl (C=O) groups excluding carboxylic acids is 1. The topological polar surface area (TPSA) is 80.6 Å². The fourth-order valence-electron chi connectivity index (χ4n) is 2.02. The van der Waals surface area contributed by atoms with Gasteiger partial charge in [-0.05, 0) is 23.8 Å². The van der Waals surface area contributed by atoms with Gasteiger partial charge in [0.05, 0.1) is 13.7 Å². The van der Waals surface area contributed by atoms with E-state index in [2.05, 4.69) is 5.32 Å². The van der Waals surface area contributed by atoms with E-state index in [9.17, 15) is 14.7 Å². The highest BCUT2D eigenvalue weighted by Gasteiger charge is 2.08. The number of pyridine rings is 1. The Bertz CT molecular complexity index is 692. The molecule has 2 aromatic rings. The van der Waals surface area contributed by atoms with E-state index in [0.717, 1.165) is 11.3 Å². The number of amides is 1. The summed E-state index contributed by atoms with van der Waals surface area (Å²) in [7, 11) is 1.59. The highest BCUT2D eigenvalue weighted by molar-refractivity contribution is 5.75. The molecule has 0 aliphatic heterocycles. The van der Waals surface area contributed by atoms with Crippen LogP contribution in [0.15, 0.2) is 47.3 Å². The number of aliphatic hydroxyl groups excluding tert-OH is 1. The first-order chi connectivity index (χ1) is 10.6. The lowest BCUT2D eigenvalue weighted by Gasteiger charge is -2.11. The molecule has 6 heteroatoms. The highest BCUT2D eigenvalue weighted by atomic mass is 16.5. The van der Waals surface area contributed by atoms with Crippen LogP contribution in [-0.2, 0) is 24.5 Å². The van der Waals surface area contributed by atoms with Crippen LogP contribution in [0.3, 0.4) is 0 Å². The number of ether oxygens (including phenoxy) is 1. The van der Waals surface area contributed by atoms with Crippen molar-refractivity contribution >= 4 is 5.91 Å². The molecule has 2 rings (SSSR count). The Hall–Kier alpha value is -2.60. The smallest absolute Gasteiger partial charge is 0.251 e.